The van der Waals surface area contributed by atoms with E-state index < -0.39 is 0 Å². The van der Waals surface area contributed by atoms with Gasteiger partial charge in [-0.3, -0.25) is 9.78 Å². The maximum atomic E-state index is 12.0. The van der Waals surface area contributed by atoms with Crippen LogP contribution in [-0.4, -0.2) is 9.97 Å². The van der Waals surface area contributed by atoms with E-state index in [1.165, 1.54) is 37.7 Å². The van der Waals surface area contributed by atoms with Crippen molar-refractivity contribution in [1.82, 2.24) is 9.97 Å². The van der Waals surface area contributed by atoms with E-state index in [1.54, 1.807) is 0 Å². The number of rotatable bonds is 3. The number of hydrogen-bond donors (Lipinski definition) is 1. The van der Waals surface area contributed by atoms with Crippen LogP contribution in [0.5, 0.6) is 0 Å². The van der Waals surface area contributed by atoms with Crippen molar-refractivity contribution in [3.8, 4) is 0 Å². The molecule has 22 heavy (non-hydrogen) atoms. The van der Waals surface area contributed by atoms with Gasteiger partial charge in [0.05, 0.1) is 11.0 Å². The molecular formula is C19H24N2O. The Morgan fingerprint density at radius 3 is 2.91 bits per heavy atom. The lowest BCUT2D eigenvalue weighted by Crippen LogP contribution is -2.37. The summed E-state index contributed by atoms with van der Waals surface area (Å²) in [6.07, 6.45) is 11.0. The van der Waals surface area contributed by atoms with Crippen molar-refractivity contribution in [2.45, 2.75) is 51.9 Å². The molecule has 2 saturated carbocycles. The molecule has 0 amide bonds. The van der Waals surface area contributed by atoms with Crippen LogP contribution in [0.3, 0.4) is 0 Å². The summed E-state index contributed by atoms with van der Waals surface area (Å²) in [6, 6.07) is 4.08. The molecule has 116 valence electrons. The summed E-state index contributed by atoms with van der Waals surface area (Å²) in [6.45, 7) is 2.00. The molecule has 4 rings (SSSR count). The summed E-state index contributed by atoms with van der Waals surface area (Å²) >= 11 is 0. The topological polar surface area (TPSA) is 45.8 Å². The average molecular weight is 296 g/mol. The summed E-state index contributed by atoms with van der Waals surface area (Å²) < 4.78 is 0. The molecule has 0 bridgehead atoms. The lowest BCUT2D eigenvalue weighted by atomic mass is 9.59. The van der Waals surface area contributed by atoms with Crippen LogP contribution in [0.15, 0.2) is 23.1 Å². The third-order valence-electron chi connectivity index (χ3n) is 5.94. The van der Waals surface area contributed by atoms with E-state index in [-0.39, 0.29) is 5.56 Å². The molecule has 2 fully saturated rings. The quantitative estimate of drug-likeness (QED) is 0.935. The first kappa shape index (κ1) is 14.0. The van der Waals surface area contributed by atoms with Crippen LogP contribution in [-0.2, 0) is 12.8 Å². The number of nitrogens with one attached hydrogen (secondary N) is 1. The van der Waals surface area contributed by atoms with Crippen LogP contribution in [0.2, 0.25) is 0 Å². The molecule has 0 saturated heterocycles. The van der Waals surface area contributed by atoms with Crippen molar-refractivity contribution < 1.29 is 0 Å². The Kier molecular flexibility index (Phi) is 3.51. The Bertz CT molecular complexity index is 749. The van der Waals surface area contributed by atoms with E-state index >= 15 is 0 Å². The van der Waals surface area contributed by atoms with E-state index in [9.17, 15) is 4.79 Å². The molecule has 0 radical (unpaired) electrons. The fourth-order valence-corrected chi connectivity index (χ4v) is 4.53. The summed E-state index contributed by atoms with van der Waals surface area (Å²) in [4.78, 5) is 19.6. The monoisotopic (exact) mass is 296 g/mol. The number of aryl methyl sites for hydroxylation is 1. The summed E-state index contributed by atoms with van der Waals surface area (Å²) in [5.41, 5.74) is 3.93. The zero-order valence-electron chi connectivity index (χ0n) is 13.3. The summed E-state index contributed by atoms with van der Waals surface area (Å²) in [7, 11) is 0. The van der Waals surface area contributed by atoms with Crippen molar-refractivity contribution in [2.75, 3.05) is 0 Å². The van der Waals surface area contributed by atoms with Gasteiger partial charge < -0.3 is 4.98 Å². The Labute approximate surface area is 131 Å². The predicted octanol–water partition coefficient (Wildman–Crippen LogP) is 3.85. The van der Waals surface area contributed by atoms with Crippen LogP contribution < -0.4 is 5.56 Å². The molecule has 3 nitrogen and oxygen atoms in total. The minimum absolute atomic E-state index is 0.0330. The van der Waals surface area contributed by atoms with E-state index in [1.807, 2.05) is 19.2 Å². The van der Waals surface area contributed by atoms with Crippen molar-refractivity contribution in [2.24, 2.45) is 17.8 Å². The highest BCUT2D eigenvalue weighted by Gasteiger charge is 2.39. The Morgan fingerprint density at radius 1 is 1.23 bits per heavy atom. The van der Waals surface area contributed by atoms with Crippen LogP contribution in [0.25, 0.3) is 11.0 Å². The largest absolute Gasteiger partial charge is 0.320 e. The van der Waals surface area contributed by atoms with Crippen LogP contribution in [0.1, 0.15) is 50.2 Å². The van der Waals surface area contributed by atoms with Crippen molar-refractivity contribution in [3.63, 3.8) is 0 Å². The van der Waals surface area contributed by atoms with Gasteiger partial charge in [-0.25, -0.2) is 0 Å². The van der Waals surface area contributed by atoms with Crippen molar-refractivity contribution in [1.29, 1.82) is 0 Å². The number of fused-ring (bicyclic) bond motifs is 2. The first-order valence-corrected chi connectivity index (χ1v) is 8.75. The number of aromatic amines is 1. The molecule has 3 atom stereocenters. The third kappa shape index (κ3) is 2.37. The van der Waals surface area contributed by atoms with Crippen LogP contribution >= 0.6 is 0 Å². The molecular weight excluding hydrogens is 272 g/mol. The van der Waals surface area contributed by atoms with Gasteiger partial charge in [0.15, 0.2) is 0 Å². The van der Waals surface area contributed by atoms with Crippen LogP contribution in [0.4, 0.5) is 0 Å². The molecule has 0 spiro atoms. The second-order valence-corrected chi connectivity index (χ2v) is 7.15. The standard InChI is InChI=1S/C19H24N2O/c1-2-13-10-17-18(21-19(13)22)9-12(11-20-17)8-15-5-3-4-14-6-7-16(14)15/h9-11,14-16H,2-8H2,1H3,(H,21,22). The number of aromatic nitrogens is 2. The van der Waals surface area contributed by atoms with Crippen LogP contribution in [0, 0.1) is 17.8 Å². The summed E-state index contributed by atoms with van der Waals surface area (Å²) in [5.74, 6) is 2.78. The first-order valence-electron chi connectivity index (χ1n) is 8.75. The van der Waals surface area contributed by atoms with Gasteiger partial charge in [0.25, 0.3) is 5.56 Å². The highest BCUT2D eigenvalue weighted by Crippen LogP contribution is 2.49. The lowest BCUT2D eigenvalue weighted by molar-refractivity contribution is 0.0526. The normalized spacial score (nSPS) is 27.4. The first-order chi connectivity index (χ1) is 10.7. The van der Waals surface area contributed by atoms with Gasteiger partial charge in [0, 0.05) is 11.8 Å². The molecule has 2 heterocycles. The minimum Gasteiger partial charge on any atom is -0.320 e. The molecule has 3 heteroatoms. The fraction of sp³-hybridized carbons (Fsp3) is 0.579. The number of pyridine rings is 2. The second kappa shape index (κ2) is 5.53. The minimum atomic E-state index is 0.0330. The lowest BCUT2D eigenvalue weighted by Gasteiger charge is -2.46. The number of H-pyrrole nitrogens is 1. The second-order valence-electron chi connectivity index (χ2n) is 7.15. The molecule has 2 aliphatic rings. The van der Waals surface area contributed by atoms with Crippen molar-refractivity contribution >= 4 is 11.0 Å². The molecule has 0 aliphatic heterocycles. The Morgan fingerprint density at radius 2 is 2.14 bits per heavy atom. The van der Waals surface area contributed by atoms with Gasteiger partial charge in [-0.1, -0.05) is 19.8 Å². The Hall–Kier alpha value is -1.64. The molecule has 2 aromatic heterocycles. The highest BCUT2D eigenvalue weighted by atomic mass is 16.1. The Balaban J connectivity index is 1.61. The van der Waals surface area contributed by atoms with E-state index in [4.69, 9.17) is 0 Å². The molecule has 3 unspecified atom stereocenters. The van der Waals surface area contributed by atoms with Gasteiger partial charge >= 0.3 is 0 Å². The average Bonchev–Trinajstić information content (AvgIpc) is 2.48. The maximum absolute atomic E-state index is 12.0. The predicted molar refractivity (Wildman–Crippen MR) is 89.0 cm³/mol. The van der Waals surface area contributed by atoms with Gasteiger partial charge in [0.2, 0.25) is 0 Å². The molecule has 0 aromatic carbocycles. The number of nitrogens with zero attached hydrogens (tertiary/aromatic N) is 1. The summed E-state index contributed by atoms with van der Waals surface area (Å²) in [5, 5.41) is 0. The van der Waals surface area contributed by atoms with Gasteiger partial charge in [-0.15, -0.1) is 0 Å². The molecule has 2 aliphatic carbocycles. The number of hydrogen-bond acceptors (Lipinski definition) is 2. The SMILES string of the molecule is CCc1cc2ncc(CC3CCCC4CCC43)cc2[nH]c1=O. The maximum Gasteiger partial charge on any atom is 0.251 e. The zero-order chi connectivity index (χ0) is 15.1. The van der Waals surface area contributed by atoms with E-state index in [0.717, 1.165) is 47.2 Å². The highest BCUT2D eigenvalue weighted by molar-refractivity contribution is 5.74. The third-order valence-corrected chi connectivity index (χ3v) is 5.94. The zero-order valence-corrected chi connectivity index (χ0v) is 13.3. The van der Waals surface area contributed by atoms with Crippen molar-refractivity contribution in [3.05, 3.63) is 39.8 Å². The fourth-order valence-electron chi connectivity index (χ4n) is 4.53. The smallest absolute Gasteiger partial charge is 0.251 e. The van der Waals surface area contributed by atoms with E-state index in [0.29, 0.717) is 0 Å². The van der Waals surface area contributed by atoms with Gasteiger partial charge in [-0.2, -0.15) is 0 Å². The van der Waals surface area contributed by atoms with Gasteiger partial charge in [0.1, 0.15) is 0 Å². The van der Waals surface area contributed by atoms with Gasteiger partial charge in [-0.05, 0) is 67.6 Å². The molecule has 2 aromatic rings. The van der Waals surface area contributed by atoms with E-state index in [2.05, 4.69) is 16.0 Å². The molecule has 1 N–H and O–H groups in total.